The maximum absolute atomic E-state index is 12.7. The normalized spacial score (nSPS) is 15.6. The Bertz CT molecular complexity index is 873. The molecule has 0 spiro atoms. The van der Waals surface area contributed by atoms with Gasteiger partial charge < -0.3 is 24.6 Å². The molecule has 0 bridgehead atoms. The van der Waals surface area contributed by atoms with Gasteiger partial charge in [-0.2, -0.15) is 28.1 Å². The fourth-order valence-corrected chi connectivity index (χ4v) is 2.72. The van der Waals surface area contributed by atoms with Gasteiger partial charge in [0.05, 0.1) is 0 Å². The molecule has 8 nitrogen and oxygen atoms in total. The molecule has 0 saturated carbocycles. The molecule has 0 radical (unpaired) electrons. The number of ether oxygens (including phenoxy) is 2. The average Bonchev–Trinajstić information content (AvgIpc) is 2.67. The zero-order valence-corrected chi connectivity index (χ0v) is 16.9. The minimum absolute atomic E-state index is 0.0718. The SMILES string of the molecule is CN1CCN(c2nc(Nc3ccc(OC(F)(F)Cl)cc3)nc(OCC(F)(F)F)n2)CC1. The van der Waals surface area contributed by atoms with Crippen molar-refractivity contribution in [2.75, 3.05) is 50.1 Å². The second-order valence-electron chi connectivity index (χ2n) is 6.63. The number of benzene rings is 1. The van der Waals surface area contributed by atoms with Crippen LogP contribution >= 0.6 is 11.6 Å². The summed E-state index contributed by atoms with van der Waals surface area (Å²) in [5, 5.41) is 2.78. The number of rotatable bonds is 7. The van der Waals surface area contributed by atoms with Gasteiger partial charge in [0, 0.05) is 43.5 Å². The van der Waals surface area contributed by atoms with Crippen molar-refractivity contribution in [1.29, 1.82) is 0 Å². The van der Waals surface area contributed by atoms with Crippen LogP contribution in [-0.2, 0) is 0 Å². The molecule has 0 aliphatic carbocycles. The summed E-state index contributed by atoms with van der Waals surface area (Å²) in [6.45, 7) is 1.02. The smallest absolute Gasteiger partial charge is 0.454 e. The number of alkyl halides is 6. The van der Waals surface area contributed by atoms with Crippen LogP contribution in [0.2, 0.25) is 0 Å². The van der Waals surface area contributed by atoms with E-state index in [2.05, 4.69) is 29.9 Å². The van der Waals surface area contributed by atoms with Crippen molar-refractivity contribution in [3.8, 4) is 11.8 Å². The van der Waals surface area contributed by atoms with E-state index in [-0.39, 0.29) is 17.6 Å². The van der Waals surface area contributed by atoms with Gasteiger partial charge in [0.15, 0.2) is 6.61 Å². The van der Waals surface area contributed by atoms with Gasteiger partial charge in [0.1, 0.15) is 5.75 Å². The summed E-state index contributed by atoms with van der Waals surface area (Å²) in [6.07, 6.45) is -4.56. The molecule has 1 aliphatic heterocycles. The fourth-order valence-electron chi connectivity index (χ4n) is 2.63. The minimum Gasteiger partial charge on any atom is -0.454 e. The molecule has 31 heavy (non-hydrogen) atoms. The van der Waals surface area contributed by atoms with Gasteiger partial charge >= 0.3 is 17.8 Å². The molecule has 1 N–H and O–H groups in total. The standard InChI is InChI=1S/C17H18ClF5N6O2/c1-28-6-8-29(9-7-28)14-25-13(26-15(27-14)30-10-16(19,20)21)24-11-2-4-12(5-3-11)31-17(18,22)23/h2-5H,6-10H2,1H3,(H,24,25,26,27). The van der Waals surface area contributed by atoms with Crippen LogP contribution in [0.3, 0.4) is 0 Å². The fraction of sp³-hybridized carbons (Fsp3) is 0.471. The predicted octanol–water partition coefficient (Wildman–Crippen LogP) is 3.48. The van der Waals surface area contributed by atoms with Gasteiger partial charge in [0.2, 0.25) is 11.9 Å². The van der Waals surface area contributed by atoms with Crippen molar-refractivity contribution in [2.45, 2.75) is 11.7 Å². The minimum atomic E-state index is -4.56. The molecule has 1 aromatic heterocycles. The number of aromatic nitrogens is 3. The zero-order chi connectivity index (χ0) is 22.6. The lowest BCUT2D eigenvalue weighted by atomic mass is 10.3. The molecule has 1 fully saturated rings. The Kier molecular flexibility index (Phi) is 6.84. The van der Waals surface area contributed by atoms with Crippen LogP contribution < -0.4 is 19.7 Å². The first-order valence-corrected chi connectivity index (χ1v) is 9.37. The third-order valence-electron chi connectivity index (χ3n) is 4.10. The summed E-state index contributed by atoms with van der Waals surface area (Å²) in [7, 11) is 1.95. The summed E-state index contributed by atoms with van der Waals surface area (Å²) in [4.78, 5) is 16.0. The van der Waals surface area contributed by atoms with Gasteiger partial charge in [-0.15, -0.1) is 8.78 Å². The number of halogens is 6. The molecule has 3 rings (SSSR count). The Balaban J connectivity index is 1.79. The summed E-state index contributed by atoms with van der Waals surface area (Å²) in [5.41, 5.74) is -3.49. The van der Waals surface area contributed by atoms with Crippen LogP contribution in [0.1, 0.15) is 0 Å². The quantitative estimate of drug-likeness (QED) is 0.489. The number of nitrogens with zero attached hydrogens (tertiary/aromatic N) is 5. The van der Waals surface area contributed by atoms with E-state index in [0.717, 1.165) is 13.1 Å². The maximum atomic E-state index is 12.7. The van der Waals surface area contributed by atoms with E-state index in [1.165, 1.54) is 24.3 Å². The van der Waals surface area contributed by atoms with E-state index in [9.17, 15) is 22.0 Å². The Morgan fingerprint density at radius 2 is 1.65 bits per heavy atom. The van der Waals surface area contributed by atoms with E-state index < -0.39 is 24.4 Å². The van der Waals surface area contributed by atoms with E-state index in [0.29, 0.717) is 18.8 Å². The number of hydrogen-bond donors (Lipinski definition) is 1. The summed E-state index contributed by atoms with van der Waals surface area (Å²) in [5.74, 6) is -0.101. The second-order valence-corrected chi connectivity index (χ2v) is 7.07. The van der Waals surface area contributed by atoms with Crippen LogP contribution in [0.5, 0.6) is 11.8 Å². The van der Waals surface area contributed by atoms with Crippen molar-refractivity contribution in [3.63, 3.8) is 0 Å². The molecule has 0 unspecified atom stereocenters. The summed E-state index contributed by atoms with van der Waals surface area (Å²) in [6, 6.07) is 4.72. The highest BCUT2D eigenvalue weighted by molar-refractivity contribution is 6.20. The Hall–Kier alpha value is -2.67. The van der Waals surface area contributed by atoms with Gasteiger partial charge in [-0.3, -0.25) is 0 Å². The van der Waals surface area contributed by atoms with Crippen molar-refractivity contribution in [1.82, 2.24) is 19.9 Å². The van der Waals surface area contributed by atoms with Crippen LogP contribution in [0, 0.1) is 0 Å². The average molecular weight is 469 g/mol. The molecular formula is C17H18ClF5N6O2. The molecule has 1 saturated heterocycles. The van der Waals surface area contributed by atoms with Crippen LogP contribution in [0.25, 0.3) is 0 Å². The van der Waals surface area contributed by atoms with Gasteiger partial charge in [-0.05, 0) is 31.3 Å². The maximum Gasteiger partial charge on any atom is 0.487 e. The number of nitrogens with one attached hydrogen (secondary N) is 1. The number of hydrogen-bond acceptors (Lipinski definition) is 8. The molecule has 170 valence electrons. The first kappa shape index (κ1) is 23.0. The predicted molar refractivity (Wildman–Crippen MR) is 102 cm³/mol. The molecule has 14 heteroatoms. The number of anilines is 3. The molecule has 2 heterocycles. The highest BCUT2D eigenvalue weighted by Crippen LogP contribution is 2.27. The van der Waals surface area contributed by atoms with Gasteiger partial charge in [-0.1, -0.05) is 0 Å². The molecular weight excluding hydrogens is 451 g/mol. The van der Waals surface area contributed by atoms with E-state index in [4.69, 9.17) is 16.3 Å². The zero-order valence-electron chi connectivity index (χ0n) is 16.2. The molecule has 0 atom stereocenters. The van der Waals surface area contributed by atoms with E-state index in [1.54, 1.807) is 4.90 Å². The van der Waals surface area contributed by atoms with E-state index in [1.807, 2.05) is 7.05 Å². The van der Waals surface area contributed by atoms with Crippen molar-refractivity contribution < 1.29 is 31.4 Å². The van der Waals surface area contributed by atoms with Crippen molar-refractivity contribution in [3.05, 3.63) is 24.3 Å². The first-order chi connectivity index (χ1) is 14.5. The molecule has 2 aromatic rings. The van der Waals surface area contributed by atoms with Crippen LogP contribution in [0.4, 0.5) is 39.5 Å². The van der Waals surface area contributed by atoms with Crippen LogP contribution in [0.15, 0.2) is 24.3 Å². The molecule has 1 aromatic carbocycles. The second kappa shape index (κ2) is 9.22. The molecule has 1 aliphatic rings. The van der Waals surface area contributed by atoms with Crippen LogP contribution in [-0.4, -0.2) is 71.4 Å². The third-order valence-corrected chi connectivity index (χ3v) is 4.18. The monoisotopic (exact) mass is 468 g/mol. The topological polar surface area (TPSA) is 75.6 Å². The molecule has 0 amide bonds. The Labute approximate surface area is 178 Å². The van der Waals surface area contributed by atoms with Gasteiger partial charge in [0.25, 0.3) is 0 Å². The number of piperazine rings is 1. The lowest BCUT2D eigenvalue weighted by Gasteiger charge is -2.32. The highest BCUT2D eigenvalue weighted by Gasteiger charge is 2.30. The largest absolute Gasteiger partial charge is 0.487 e. The summed E-state index contributed by atoms with van der Waals surface area (Å²) >= 11 is 4.72. The Morgan fingerprint density at radius 3 is 2.23 bits per heavy atom. The van der Waals surface area contributed by atoms with Crippen molar-refractivity contribution in [2.24, 2.45) is 0 Å². The lowest BCUT2D eigenvalue weighted by molar-refractivity contribution is -0.154. The number of likely N-dealkylation sites (N-methyl/N-ethyl adjacent to an activating group) is 1. The Morgan fingerprint density at radius 1 is 1.00 bits per heavy atom. The van der Waals surface area contributed by atoms with Crippen molar-refractivity contribution >= 4 is 29.2 Å². The first-order valence-electron chi connectivity index (χ1n) is 8.99. The highest BCUT2D eigenvalue weighted by atomic mass is 35.5. The lowest BCUT2D eigenvalue weighted by Crippen LogP contribution is -2.45. The van der Waals surface area contributed by atoms with Gasteiger partial charge in [-0.25, -0.2) is 0 Å². The third kappa shape index (κ3) is 7.51. The van der Waals surface area contributed by atoms with E-state index >= 15 is 0 Å². The summed E-state index contributed by atoms with van der Waals surface area (Å²) < 4.78 is 71.9.